The van der Waals surface area contributed by atoms with Crippen molar-refractivity contribution in [1.29, 1.82) is 0 Å². The lowest BCUT2D eigenvalue weighted by molar-refractivity contribution is -0.332. The molecule has 2 aromatic carbocycles. The molecule has 2 bridgehead atoms. The van der Waals surface area contributed by atoms with E-state index in [9.17, 15) is 9.90 Å². The molecule has 0 saturated carbocycles. The normalized spacial score (nSPS) is 34.9. The molecule has 3 fully saturated rings. The SMILES string of the molecule is CCCOCC12C[C@]3(CO3)[C@]3(OC)Oc4c(c(C)cc5c(OC)c6c(c(O)c45)C(=O)CCC6)C(O1)C3O2. The minimum atomic E-state index is -1.30. The number of phenolic OH excluding ortho intramolecular Hbond substituents is 1. The Balaban J connectivity index is 1.49. The molecule has 4 aliphatic heterocycles. The van der Waals surface area contributed by atoms with Gasteiger partial charge in [-0.25, -0.2) is 0 Å². The number of ether oxygens (including phenoxy) is 7. The standard InChI is InChI=1S/C28H32O9/c1-5-9-33-13-27-11-26(12-34-26)28(32-4)25(37-27)24(35-27)18-14(2)10-16-20(23(18)36-28)21(30)19-15(22(16)31-3)7-6-8-17(19)29/h10,24-25,30H,5-9,11-13H2,1-4H3/t24?,25?,26-,27?,28+/m0/s1. The van der Waals surface area contributed by atoms with Gasteiger partial charge in [-0.05, 0) is 37.8 Å². The number of Topliss-reactive ketones (excluding diaryl/α,β-unsaturated/α-hetero) is 1. The number of phenols is 1. The third-order valence-corrected chi connectivity index (χ3v) is 8.66. The number of hydrogen-bond donors (Lipinski definition) is 1. The van der Waals surface area contributed by atoms with Crippen molar-refractivity contribution in [3.05, 3.63) is 28.3 Å². The fourth-order valence-corrected chi connectivity index (χ4v) is 7.07. The molecule has 5 atom stereocenters. The van der Waals surface area contributed by atoms with Gasteiger partial charge in [-0.3, -0.25) is 4.79 Å². The number of aromatic hydroxyl groups is 1. The summed E-state index contributed by atoms with van der Waals surface area (Å²) >= 11 is 0. The molecule has 1 N–H and O–H groups in total. The zero-order valence-electron chi connectivity index (χ0n) is 21.6. The van der Waals surface area contributed by atoms with Crippen LogP contribution >= 0.6 is 0 Å². The molecule has 1 spiro atoms. The first-order chi connectivity index (χ1) is 17.8. The van der Waals surface area contributed by atoms with Gasteiger partial charge in [0.25, 0.3) is 5.79 Å². The maximum absolute atomic E-state index is 13.0. The van der Waals surface area contributed by atoms with Gasteiger partial charge in [0.15, 0.2) is 23.3 Å². The summed E-state index contributed by atoms with van der Waals surface area (Å²) in [4.78, 5) is 13.0. The Hall–Kier alpha value is -2.43. The minimum Gasteiger partial charge on any atom is -0.506 e. The molecule has 2 aromatic rings. The highest BCUT2D eigenvalue weighted by atomic mass is 16.8. The first-order valence-corrected chi connectivity index (χ1v) is 13.1. The molecule has 9 nitrogen and oxygen atoms in total. The third-order valence-electron chi connectivity index (χ3n) is 8.66. The zero-order valence-corrected chi connectivity index (χ0v) is 21.6. The largest absolute Gasteiger partial charge is 0.506 e. The summed E-state index contributed by atoms with van der Waals surface area (Å²) in [7, 11) is 3.17. The molecule has 1 aliphatic carbocycles. The van der Waals surface area contributed by atoms with E-state index >= 15 is 0 Å². The monoisotopic (exact) mass is 512 g/mol. The number of epoxide rings is 1. The van der Waals surface area contributed by atoms with Crippen molar-refractivity contribution in [1.82, 2.24) is 0 Å². The van der Waals surface area contributed by atoms with Gasteiger partial charge in [0, 0.05) is 43.1 Å². The van der Waals surface area contributed by atoms with E-state index in [0.717, 1.165) is 29.5 Å². The van der Waals surface area contributed by atoms with Crippen LogP contribution in [-0.2, 0) is 30.1 Å². The molecule has 0 aromatic heterocycles. The smallest absolute Gasteiger partial charge is 0.271 e. The lowest BCUT2D eigenvalue weighted by Gasteiger charge is -2.49. The van der Waals surface area contributed by atoms with Crippen LogP contribution in [0.1, 0.15) is 65.8 Å². The summed E-state index contributed by atoms with van der Waals surface area (Å²) in [6.07, 6.45) is 1.88. The second-order valence-electron chi connectivity index (χ2n) is 10.8. The van der Waals surface area contributed by atoms with E-state index in [0.29, 0.717) is 60.3 Å². The maximum Gasteiger partial charge on any atom is 0.271 e. The number of benzene rings is 2. The maximum atomic E-state index is 13.0. The number of ketones is 1. The van der Waals surface area contributed by atoms with Crippen LogP contribution in [0.4, 0.5) is 0 Å². The summed E-state index contributed by atoms with van der Waals surface area (Å²) in [5.74, 6) is -1.47. The van der Waals surface area contributed by atoms with Crippen molar-refractivity contribution in [2.24, 2.45) is 0 Å². The minimum absolute atomic E-state index is 0.0864. The number of aryl methyl sites for hydroxylation is 1. The predicted molar refractivity (Wildman–Crippen MR) is 130 cm³/mol. The van der Waals surface area contributed by atoms with Crippen LogP contribution in [0.15, 0.2) is 6.07 Å². The van der Waals surface area contributed by atoms with Crippen LogP contribution < -0.4 is 9.47 Å². The molecular formula is C28H32O9. The van der Waals surface area contributed by atoms with Crippen molar-refractivity contribution >= 4 is 16.6 Å². The molecule has 37 heavy (non-hydrogen) atoms. The number of rotatable bonds is 6. The van der Waals surface area contributed by atoms with Gasteiger partial charge in [0.05, 0.1) is 24.7 Å². The first-order valence-electron chi connectivity index (χ1n) is 13.1. The summed E-state index contributed by atoms with van der Waals surface area (Å²) in [5.41, 5.74) is 1.94. The van der Waals surface area contributed by atoms with Gasteiger partial charge in [-0.1, -0.05) is 6.92 Å². The number of hydrogen-bond acceptors (Lipinski definition) is 9. The molecule has 9 heteroatoms. The summed E-state index contributed by atoms with van der Waals surface area (Å²) in [5, 5.41) is 12.7. The number of carbonyl (C=O) groups is 1. The molecule has 4 heterocycles. The Bertz CT molecular complexity index is 1330. The summed E-state index contributed by atoms with van der Waals surface area (Å²) in [6.45, 7) is 5.32. The highest BCUT2D eigenvalue weighted by Gasteiger charge is 2.81. The average Bonchev–Trinajstić information content (AvgIpc) is 3.55. The Morgan fingerprint density at radius 1 is 1.22 bits per heavy atom. The molecule has 0 amide bonds. The van der Waals surface area contributed by atoms with Gasteiger partial charge < -0.3 is 38.3 Å². The molecular weight excluding hydrogens is 480 g/mol. The molecule has 7 rings (SSSR count). The van der Waals surface area contributed by atoms with Crippen molar-refractivity contribution in [2.75, 3.05) is 34.0 Å². The van der Waals surface area contributed by atoms with Gasteiger partial charge in [0.2, 0.25) is 0 Å². The van der Waals surface area contributed by atoms with Crippen molar-refractivity contribution in [2.45, 2.75) is 75.3 Å². The topological polar surface area (TPSA) is 105 Å². The summed E-state index contributed by atoms with van der Waals surface area (Å²) in [6, 6.07) is 1.98. The molecule has 3 unspecified atom stereocenters. The second kappa shape index (κ2) is 7.80. The van der Waals surface area contributed by atoms with Crippen LogP contribution in [0.3, 0.4) is 0 Å². The molecule has 198 valence electrons. The lowest BCUT2D eigenvalue weighted by Crippen LogP contribution is -2.68. The average molecular weight is 513 g/mol. The Morgan fingerprint density at radius 2 is 2.03 bits per heavy atom. The van der Waals surface area contributed by atoms with Crippen molar-refractivity contribution in [3.63, 3.8) is 0 Å². The predicted octanol–water partition coefficient (Wildman–Crippen LogP) is 3.87. The zero-order chi connectivity index (χ0) is 25.7. The van der Waals surface area contributed by atoms with Crippen LogP contribution in [0.5, 0.6) is 17.2 Å². The number of methoxy groups -OCH3 is 2. The Kier molecular flexibility index (Phi) is 4.99. The van der Waals surface area contributed by atoms with E-state index in [-0.39, 0.29) is 18.1 Å². The van der Waals surface area contributed by atoms with Crippen molar-refractivity contribution < 1.29 is 43.1 Å². The van der Waals surface area contributed by atoms with E-state index in [1.165, 1.54) is 0 Å². The Labute approximate surface area is 214 Å². The van der Waals surface area contributed by atoms with E-state index in [2.05, 4.69) is 6.92 Å². The molecule has 3 saturated heterocycles. The van der Waals surface area contributed by atoms with Gasteiger partial charge >= 0.3 is 0 Å². The van der Waals surface area contributed by atoms with Gasteiger partial charge in [-0.2, -0.15) is 0 Å². The fraction of sp³-hybridized carbons (Fsp3) is 0.607. The highest BCUT2D eigenvalue weighted by Crippen LogP contribution is 2.66. The molecule has 5 aliphatic rings. The van der Waals surface area contributed by atoms with Crippen LogP contribution in [0.25, 0.3) is 10.8 Å². The van der Waals surface area contributed by atoms with Gasteiger partial charge in [-0.15, -0.1) is 0 Å². The highest BCUT2D eigenvalue weighted by molar-refractivity contribution is 6.11. The lowest BCUT2D eigenvalue weighted by atomic mass is 9.78. The van der Waals surface area contributed by atoms with E-state index < -0.39 is 29.4 Å². The van der Waals surface area contributed by atoms with E-state index in [1.807, 2.05) is 13.0 Å². The van der Waals surface area contributed by atoms with E-state index in [4.69, 9.17) is 33.2 Å². The molecule has 0 radical (unpaired) electrons. The van der Waals surface area contributed by atoms with Gasteiger partial charge in [0.1, 0.15) is 30.0 Å². The summed E-state index contributed by atoms with van der Waals surface area (Å²) < 4.78 is 44.0. The fourth-order valence-electron chi connectivity index (χ4n) is 7.07. The van der Waals surface area contributed by atoms with Crippen LogP contribution in [0.2, 0.25) is 0 Å². The third kappa shape index (κ3) is 2.89. The quantitative estimate of drug-likeness (QED) is 0.456. The second-order valence-corrected chi connectivity index (χ2v) is 10.8. The van der Waals surface area contributed by atoms with Crippen molar-refractivity contribution in [3.8, 4) is 17.2 Å². The van der Waals surface area contributed by atoms with Crippen LogP contribution in [-0.4, -0.2) is 68.2 Å². The van der Waals surface area contributed by atoms with E-state index in [1.54, 1.807) is 14.2 Å². The number of carbonyl (C=O) groups excluding carboxylic acids is 1. The Morgan fingerprint density at radius 3 is 2.73 bits per heavy atom. The first kappa shape index (κ1) is 23.7. The number of fused-ring (bicyclic) bond motifs is 7. The van der Waals surface area contributed by atoms with Crippen LogP contribution in [0, 0.1) is 6.92 Å².